The van der Waals surface area contributed by atoms with E-state index in [1.165, 1.54) is 0 Å². The molecule has 1 aromatic heterocycles. The largest absolute Gasteiger partial charge is 0.479 e. The van der Waals surface area contributed by atoms with E-state index >= 15 is 0 Å². The number of aromatic amines is 1. The number of fused-ring (bicyclic) bond motifs is 1. The van der Waals surface area contributed by atoms with E-state index in [1.807, 2.05) is 24.3 Å². The summed E-state index contributed by atoms with van der Waals surface area (Å²) in [5.74, 6) is -1.21. The summed E-state index contributed by atoms with van der Waals surface area (Å²) < 4.78 is 0.962. The van der Waals surface area contributed by atoms with Crippen LogP contribution in [-0.4, -0.2) is 27.3 Å². The summed E-state index contributed by atoms with van der Waals surface area (Å²) in [6.07, 6.45) is -1.28. The van der Waals surface area contributed by atoms with Crippen LogP contribution >= 0.6 is 15.9 Å². The quantitative estimate of drug-likeness (QED) is 0.806. The summed E-state index contributed by atoms with van der Waals surface area (Å²) in [5, 5.41) is 18.8. The number of hydrogen-bond donors (Lipinski definition) is 3. The highest BCUT2D eigenvalue weighted by Crippen LogP contribution is 2.21. The predicted molar refractivity (Wildman–Crippen MR) is 63.3 cm³/mol. The van der Waals surface area contributed by atoms with E-state index in [2.05, 4.69) is 20.9 Å². The van der Waals surface area contributed by atoms with Gasteiger partial charge in [0.15, 0.2) is 6.10 Å². The molecule has 0 aliphatic carbocycles. The number of halogens is 1. The number of aromatic nitrogens is 1. The lowest BCUT2D eigenvalue weighted by Crippen LogP contribution is -2.22. The zero-order valence-electron chi connectivity index (χ0n) is 8.27. The predicted octanol–water partition coefficient (Wildman–Crippen LogP) is 1.92. The van der Waals surface area contributed by atoms with Crippen LogP contribution in [0.4, 0.5) is 0 Å². The number of aliphatic carboxylic acids is 1. The van der Waals surface area contributed by atoms with Crippen molar-refractivity contribution in [1.29, 1.82) is 0 Å². The Kier molecular flexibility index (Phi) is 2.98. The van der Waals surface area contributed by atoms with E-state index in [-0.39, 0.29) is 6.42 Å². The molecule has 0 saturated heterocycles. The molecule has 0 amide bonds. The molecule has 0 saturated carbocycles. The number of carboxylic acid groups (broad SMARTS) is 1. The minimum atomic E-state index is -1.36. The van der Waals surface area contributed by atoms with Gasteiger partial charge in [-0.15, -0.1) is 0 Å². The zero-order chi connectivity index (χ0) is 11.7. The smallest absolute Gasteiger partial charge is 0.332 e. The van der Waals surface area contributed by atoms with Crippen LogP contribution in [0.25, 0.3) is 10.9 Å². The van der Waals surface area contributed by atoms with Crippen molar-refractivity contribution in [2.24, 2.45) is 0 Å². The van der Waals surface area contributed by atoms with Crippen molar-refractivity contribution in [3.63, 3.8) is 0 Å². The van der Waals surface area contributed by atoms with Crippen LogP contribution < -0.4 is 0 Å². The first-order valence-electron chi connectivity index (χ1n) is 4.74. The third-order valence-corrected chi connectivity index (χ3v) is 2.83. The second kappa shape index (κ2) is 4.27. The topological polar surface area (TPSA) is 73.3 Å². The van der Waals surface area contributed by atoms with E-state index in [1.54, 1.807) is 0 Å². The van der Waals surface area contributed by atoms with Gasteiger partial charge in [0.05, 0.1) is 0 Å². The minimum Gasteiger partial charge on any atom is -0.479 e. The molecule has 1 heterocycles. The molecule has 4 nitrogen and oxygen atoms in total. The van der Waals surface area contributed by atoms with E-state index in [4.69, 9.17) is 5.11 Å². The van der Waals surface area contributed by atoms with Crippen LogP contribution in [-0.2, 0) is 11.2 Å². The second-order valence-corrected chi connectivity index (χ2v) is 4.50. The molecule has 2 rings (SSSR count). The van der Waals surface area contributed by atoms with Crippen molar-refractivity contribution in [3.8, 4) is 0 Å². The summed E-state index contributed by atoms with van der Waals surface area (Å²) in [7, 11) is 0. The lowest BCUT2D eigenvalue weighted by Gasteiger charge is -2.01. The Morgan fingerprint density at radius 3 is 2.88 bits per heavy atom. The van der Waals surface area contributed by atoms with Gasteiger partial charge in [0.1, 0.15) is 0 Å². The average Bonchev–Trinajstić information content (AvgIpc) is 2.58. The summed E-state index contributed by atoms with van der Waals surface area (Å²) in [5.41, 5.74) is 1.64. The lowest BCUT2D eigenvalue weighted by atomic mass is 10.2. The van der Waals surface area contributed by atoms with Crippen LogP contribution in [0.2, 0.25) is 0 Å². The molecule has 0 fully saturated rings. The van der Waals surface area contributed by atoms with Gasteiger partial charge in [0, 0.05) is 27.5 Å². The standard InChI is InChI=1S/C11H10BrNO3/c12-7-1-2-9-6(3-7)4-8(13-9)5-10(14)11(15)16/h1-4,10,13-14H,5H2,(H,15,16). The maximum atomic E-state index is 10.5. The summed E-state index contributed by atoms with van der Waals surface area (Å²) >= 11 is 3.36. The van der Waals surface area contributed by atoms with Crippen LogP contribution in [0.15, 0.2) is 28.7 Å². The van der Waals surface area contributed by atoms with Crippen molar-refractivity contribution in [3.05, 3.63) is 34.4 Å². The van der Waals surface area contributed by atoms with Crippen molar-refractivity contribution in [1.82, 2.24) is 4.98 Å². The van der Waals surface area contributed by atoms with Crippen molar-refractivity contribution >= 4 is 32.8 Å². The molecular formula is C11H10BrNO3. The molecule has 0 spiro atoms. The van der Waals surface area contributed by atoms with E-state index < -0.39 is 12.1 Å². The summed E-state index contributed by atoms with van der Waals surface area (Å²) in [4.78, 5) is 13.6. The van der Waals surface area contributed by atoms with Gasteiger partial charge < -0.3 is 15.2 Å². The molecule has 2 aromatic rings. The molecular weight excluding hydrogens is 274 g/mol. The van der Waals surface area contributed by atoms with Crippen molar-refractivity contribution in [2.45, 2.75) is 12.5 Å². The summed E-state index contributed by atoms with van der Waals surface area (Å²) in [6, 6.07) is 7.57. The first-order valence-corrected chi connectivity index (χ1v) is 5.53. The number of carbonyl (C=O) groups is 1. The Bertz CT molecular complexity index is 535. The molecule has 0 aliphatic heterocycles. The Morgan fingerprint density at radius 1 is 1.44 bits per heavy atom. The number of H-pyrrole nitrogens is 1. The van der Waals surface area contributed by atoms with Gasteiger partial charge in [0.25, 0.3) is 0 Å². The van der Waals surface area contributed by atoms with Crippen LogP contribution in [0.5, 0.6) is 0 Å². The molecule has 0 radical (unpaired) electrons. The SMILES string of the molecule is O=C(O)C(O)Cc1cc2cc(Br)ccc2[nH]1. The number of carboxylic acids is 1. The number of benzene rings is 1. The molecule has 16 heavy (non-hydrogen) atoms. The molecule has 1 unspecified atom stereocenters. The van der Waals surface area contributed by atoms with Gasteiger partial charge >= 0.3 is 5.97 Å². The fraction of sp³-hybridized carbons (Fsp3) is 0.182. The van der Waals surface area contributed by atoms with E-state index in [0.717, 1.165) is 15.4 Å². The van der Waals surface area contributed by atoms with Crippen LogP contribution in [0.1, 0.15) is 5.69 Å². The first kappa shape index (κ1) is 11.2. The van der Waals surface area contributed by atoms with Gasteiger partial charge in [-0.05, 0) is 24.3 Å². The van der Waals surface area contributed by atoms with Gasteiger partial charge in [-0.2, -0.15) is 0 Å². The maximum Gasteiger partial charge on any atom is 0.332 e. The Labute approximate surface area is 100 Å². The van der Waals surface area contributed by atoms with Gasteiger partial charge in [-0.25, -0.2) is 4.79 Å². The highest BCUT2D eigenvalue weighted by Gasteiger charge is 2.14. The minimum absolute atomic E-state index is 0.0850. The molecule has 1 atom stereocenters. The number of nitrogens with one attached hydrogen (secondary N) is 1. The molecule has 0 aliphatic rings. The van der Waals surface area contributed by atoms with Crippen LogP contribution in [0.3, 0.4) is 0 Å². The van der Waals surface area contributed by atoms with Crippen molar-refractivity contribution < 1.29 is 15.0 Å². The third-order valence-electron chi connectivity index (χ3n) is 2.34. The third kappa shape index (κ3) is 2.25. The van der Waals surface area contributed by atoms with E-state index in [0.29, 0.717) is 5.69 Å². The number of hydrogen-bond acceptors (Lipinski definition) is 2. The summed E-state index contributed by atoms with van der Waals surface area (Å²) in [6.45, 7) is 0. The normalized spacial score (nSPS) is 12.9. The second-order valence-electron chi connectivity index (χ2n) is 3.58. The molecule has 1 aromatic carbocycles. The highest BCUT2D eigenvalue weighted by molar-refractivity contribution is 9.10. The van der Waals surface area contributed by atoms with E-state index in [9.17, 15) is 9.90 Å². The Morgan fingerprint density at radius 2 is 2.19 bits per heavy atom. The van der Waals surface area contributed by atoms with Gasteiger partial charge in [0.2, 0.25) is 0 Å². The number of aliphatic hydroxyl groups is 1. The molecule has 84 valence electrons. The zero-order valence-corrected chi connectivity index (χ0v) is 9.86. The monoisotopic (exact) mass is 283 g/mol. The Hall–Kier alpha value is -1.33. The highest BCUT2D eigenvalue weighted by atomic mass is 79.9. The van der Waals surface area contributed by atoms with Crippen LogP contribution in [0, 0.1) is 0 Å². The average molecular weight is 284 g/mol. The number of aliphatic hydroxyl groups excluding tert-OH is 1. The lowest BCUT2D eigenvalue weighted by molar-refractivity contribution is -0.146. The van der Waals surface area contributed by atoms with Gasteiger partial charge in [-0.1, -0.05) is 15.9 Å². The Balaban J connectivity index is 2.29. The fourth-order valence-electron chi connectivity index (χ4n) is 1.57. The first-order chi connectivity index (χ1) is 7.56. The maximum absolute atomic E-state index is 10.5. The fourth-order valence-corrected chi connectivity index (χ4v) is 1.95. The number of rotatable bonds is 3. The molecule has 3 N–H and O–H groups in total. The molecule has 5 heteroatoms. The molecule has 0 bridgehead atoms. The van der Waals surface area contributed by atoms with Gasteiger partial charge in [-0.3, -0.25) is 0 Å². The van der Waals surface area contributed by atoms with Crippen molar-refractivity contribution in [2.75, 3.05) is 0 Å².